The summed E-state index contributed by atoms with van der Waals surface area (Å²) in [6.07, 6.45) is 0. The highest BCUT2D eigenvalue weighted by atomic mass is 35.5. The van der Waals surface area contributed by atoms with Crippen LogP contribution >= 0.6 is 35.0 Å². The zero-order valence-corrected chi connectivity index (χ0v) is 18.4. The Morgan fingerprint density at radius 1 is 1.11 bits per heavy atom. The van der Waals surface area contributed by atoms with Gasteiger partial charge in [0.25, 0.3) is 0 Å². The molecular weight excluding hydrogens is 441 g/mol. The van der Waals surface area contributed by atoms with E-state index in [0.29, 0.717) is 15.8 Å². The van der Waals surface area contributed by atoms with Crippen molar-refractivity contribution in [2.75, 3.05) is 12.3 Å². The molecule has 1 unspecified atom stereocenters. The average molecular weight is 460 g/mol. The van der Waals surface area contributed by atoms with Crippen molar-refractivity contribution < 1.29 is 18.3 Å². The quantitative estimate of drug-likeness (QED) is 0.720. The number of halogens is 2. The van der Waals surface area contributed by atoms with Crippen LogP contribution in [0.15, 0.2) is 47.4 Å². The first-order valence-corrected chi connectivity index (χ1v) is 11.7. The molecule has 1 heterocycles. The van der Waals surface area contributed by atoms with E-state index >= 15 is 0 Å². The average Bonchev–Trinajstić information content (AvgIpc) is 2.59. The normalized spacial score (nSPS) is 20.1. The summed E-state index contributed by atoms with van der Waals surface area (Å²) in [6, 6.07) is 10.2. The van der Waals surface area contributed by atoms with Crippen molar-refractivity contribution in [3.63, 3.8) is 0 Å². The largest absolute Gasteiger partial charge is 0.480 e. The topological polar surface area (TPSA) is 74.7 Å². The van der Waals surface area contributed by atoms with E-state index in [1.165, 1.54) is 23.9 Å². The molecule has 0 aliphatic carbocycles. The number of benzene rings is 2. The third-order valence-corrected chi connectivity index (χ3v) is 8.29. The molecule has 0 spiro atoms. The number of carbonyl (C=O) groups is 1. The number of rotatable bonds is 4. The summed E-state index contributed by atoms with van der Waals surface area (Å²) < 4.78 is 26.7. The standard InChI is InChI=1S/C19H19Cl2NO4S2/c1-19(2)17(18(23)24)22(7-8-27-19)28(25,26)16-5-3-12(4-6-16)13-9-14(20)11-15(21)10-13/h3-6,9-11,17H,7-8H2,1-2H3,(H,23,24). The van der Waals surface area contributed by atoms with Crippen LogP contribution in [0.25, 0.3) is 11.1 Å². The second kappa shape index (κ2) is 7.88. The highest BCUT2D eigenvalue weighted by Crippen LogP contribution is 2.38. The van der Waals surface area contributed by atoms with Crippen molar-refractivity contribution in [1.29, 1.82) is 0 Å². The first-order chi connectivity index (χ1) is 13.0. The molecule has 0 amide bonds. The van der Waals surface area contributed by atoms with Crippen molar-refractivity contribution in [2.45, 2.75) is 29.5 Å². The molecule has 0 saturated carbocycles. The van der Waals surface area contributed by atoms with Crippen LogP contribution in [0.4, 0.5) is 0 Å². The molecule has 2 aromatic rings. The van der Waals surface area contributed by atoms with E-state index in [0.717, 1.165) is 15.4 Å². The van der Waals surface area contributed by atoms with Crippen molar-refractivity contribution in [3.8, 4) is 11.1 Å². The summed E-state index contributed by atoms with van der Waals surface area (Å²) in [5, 5.41) is 10.6. The monoisotopic (exact) mass is 459 g/mol. The van der Waals surface area contributed by atoms with Gasteiger partial charge in [-0.05, 0) is 55.3 Å². The molecule has 0 aromatic heterocycles. The molecule has 5 nitrogen and oxygen atoms in total. The number of sulfonamides is 1. The van der Waals surface area contributed by atoms with Gasteiger partial charge in [0, 0.05) is 27.1 Å². The maximum atomic E-state index is 13.2. The van der Waals surface area contributed by atoms with Crippen LogP contribution in [-0.2, 0) is 14.8 Å². The van der Waals surface area contributed by atoms with Gasteiger partial charge in [0.2, 0.25) is 10.0 Å². The van der Waals surface area contributed by atoms with Crippen molar-refractivity contribution >= 4 is 51.0 Å². The van der Waals surface area contributed by atoms with Gasteiger partial charge in [-0.1, -0.05) is 35.3 Å². The lowest BCUT2D eigenvalue weighted by Gasteiger charge is -2.42. The number of hydrogen-bond acceptors (Lipinski definition) is 4. The van der Waals surface area contributed by atoms with Gasteiger partial charge in [-0.25, -0.2) is 8.42 Å². The summed E-state index contributed by atoms with van der Waals surface area (Å²) in [4.78, 5) is 11.9. The number of aliphatic carboxylic acids is 1. The van der Waals surface area contributed by atoms with Crippen LogP contribution in [0.2, 0.25) is 10.0 Å². The predicted molar refractivity (Wildman–Crippen MR) is 114 cm³/mol. The molecule has 0 bridgehead atoms. The molecule has 1 aliphatic rings. The Kier molecular flexibility index (Phi) is 6.04. The summed E-state index contributed by atoms with van der Waals surface area (Å²) in [7, 11) is -3.96. The number of carboxylic acid groups (broad SMARTS) is 1. The van der Waals surface area contributed by atoms with Crippen LogP contribution in [0.3, 0.4) is 0 Å². The van der Waals surface area contributed by atoms with Crippen molar-refractivity contribution in [2.24, 2.45) is 0 Å². The summed E-state index contributed by atoms with van der Waals surface area (Å²) in [6.45, 7) is 3.66. The van der Waals surface area contributed by atoms with Crippen LogP contribution in [0.1, 0.15) is 13.8 Å². The molecular formula is C19H19Cl2NO4S2. The third-order valence-electron chi connectivity index (χ3n) is 4.62. The van der Waals surface area contributed by atoms with Gasteiger partial charge < -0.3 is 5.11 Å². The van der Waals surface area contributed by atoms with Gasteiger partial charge in [-0.15, -0.1) is 0 Å². The second-order valence-corrected chi connectivity index (χ2v) is 11.5. The fourth-order valence-corrected chi connectivity index (χ4v) is 6.93. The Hall–Kier alpha value is -1.25. The minimum absolute atomic E-state index is 0.0540. The van der Waals surface area contributed by atoms with E-state index in [1.807, 2.05) is 0 Å². The van der Waals surface area contributed by atoms with E-state index < -0.39 is 26.8 Å². The molecule has 3 rings (SSSR count). The van der Waals surface area contributed by atoms with E-state index in [2.05, 4.69) is 0 Å². The smallest absolute Gasteiger partial charge is 0.323 e. The lowest BCUT2D eigenvalue weighted by molar-refractivity contribution is -0.142. The van der Waals surface area contributed by atoms with Crippen LogP contribution < -0.4 is 0 Å². The molecule has 2 aromatic carbocycles. The number of carboxylic acids is 1. The molecule has 1 saturated heterocycles. The number of nitrogens with zero attached hydrogens (tertiary/aromatic N) is 1. The first-order valence-electron chi connectivity index (χ1n) is 8.47. The minimum atomic E-state index is -3.96. The van der Waals surface area contributed by atoms with Crippen molar-refractivity contribution in [3.05, 3.63) is 52.5 Å². The maximum Gasteiger partial charge on any atom is 0.323 e. The molecule has 9 heteroatoms. The SMILES string of the molecule is CC1(C)SCCN(S(=O)(=O)c2ccc(-c3cc(Cl)cc(Cl)c3)cc2)C1C(=O)O. The fraction of sp³-hybridized carbons (Fsp3) is 0.316. The lowest BCUT2D eigenvalue weighted by Crippen LogP contribution is -2.58. The Morgan fingerprint density at radius 3 is 2.21 bits per heavy atom. The minimum Gasteiger partial charge on any atom is -0.480 e. The van der Waals surface area contributed by atoms with Crippen LogP contribution in [-0.4, -0.2) is 46.9 Å². The summed E-state index contributed by atoms with van der Waals surface area (Å²) in [5.74, 6) is -0.610. The molecule has 1 fully saturated rings. The molecule has 1 atom stereocenters. The molecule has 1 N–H and O–H groups in total. The highest BCUT2D eigenvalue weighted by Gasteiger charge is 2.48. The van der Waals surface area contributed by atoms with E-state index in [4.69, 9.17) is 23.2 Å². The fourth-order valence-electron chi connectivity index (χ4n) is 3.31. The Balaban J connectivity index is 1.97. The van der Waals surface area contributed by atoms with Gasteiger partial charge in [-0.3, -0.25) is 4.79 Å². The molecule has 28 heavy (non-hydrogen) atoms. The van der Waals surface area contributed by atoms with Gasteiger partial charge in [0.05, 0.1) is 4.90 Å². The van der Waals surface area contributed by atoms with Gasteiger partial charge >= 0.3 is 5.97 Å². The zero-order valence-electron chi connectivity index (χ0n) is 15.2. The van der Waals surface area contributed by atoms with E-state index in [-0.39, 0.29) is 11.4 Å². The lowest BCUT2D eigenvalue weighted by atomic mass is 10.0. The molecule has 1 aliphatic heterocycles. The number of hydrogen-bond donors (Lipinski definition) is 1. The summed E-state index contributed by atoms with van der Waals surface area (Å²) >= 11 is 13.5. The number of thioether (sulfide) groups is 1. The third kappa shape index (κ3) is 4.19. The van der Waals surface area contributed by atoms with Gasteiger partial charge in [-0.2, -0.15) is 16.1 Å². The van der Waals surface area contributed by atoms with Crippen LogP contribution in [0.5, 0.6) is 0 Å². The molecule has 0 radical (unpaired) electrons. The van der Waals surface area contributed by atoms with E-state index in [9.17, 15) is 18.3 Å². The molecule has 150 valence electrons. The Morgan fingerprint density at radius 2 is 1.68 bits per heavy atom. The highest BCUT2D eigenvalue weighted by molar-refractivity contribution is 8.00. The summed E-state index contributed by atoms with van der Waals surface area (Å²) in [5.41, 5.74) is 1.52. The predicted octanol–water partition coefficient (Wildman–Crippen LogP) is 4.63. The Bertz CT molecular complexity index is 987. The zero-order chi connectivity index (χ0) is 20.7. The van der Waals surface area contributed by atoms with Crippen LogP contribution in [0, 0.1) is 0 Å². The van der Waals surface area contributed by atoms with Gasteiger partial charge in [0.1, 0.15) is 6.04 Å². The second-order valence-electron chi connectivity index (χ2n) is 6.99. The maximum absolute atomic E-state index is 13.2. The first kappa shape index (κ1) is 21.5. The Labute approximate surface area is 178 Å². The van der Waals surface area contributed by atoms with E-state index in [1.54, 1.807) is 44.2 Å². The van der Waals surface area contributed by atoms with Gasteiger partial charge in [0.15, 0.2) is 0 Å². The van der Waals surface area contributed by atoms with Crippen molar-refractivity contribution in [1.82, 2.24) is 4.31 Å².